The van der Waals surface area contributed by atoms with Crippen LogP contribution in [0.2, 0.25) is 0 Å². The number of rotatable bonds is 4. The molecule has 2 aliphatic heterocycles. The smallest absolute Gasteiger partial charge is 0.223 e. The highest BCUT2D eigenvalue weighted by Gasteiger charge is 2.48. The number of hydrogen-bond acceptors (Lipinski definition) is 4. The Morgan fingerprint density at radius 2 is 2.26 bits per heavy atom. The standard InChI is InChI=1S/C17H23N3O2S/c1-12-18-14(9-23-12)8-20-11-17(7-16(20)22)4-5-19(10-17)15(21)6-13-2-3-13/h9,13H,2-8,10-11H2,1H3. The van der Waals surface area contributed by atoms with Gasteiger partial charge in [0.1, 0.15) is 0 Å². The van der Waals surface area contributed by atoms with Crippen molar-refractivity contribution in [3.05, 3.63) is 16.1 Å². The van der Waals surface area contributed by atoms with E-state index in [1.54, 1.807) is 11.3 Å². The lowest BCUT2D eigenvalue weighted by Gasteiger charge is -2.24. The molecule has 1 aromatic rings. The zero-order valence-corrected chi connectivity index (χ0v) is 14.4. The van der Waals surface area contributed by atoms with Gasteiger partial charge in [0, 0.05) is 43.3 Å². The van der Waals surface area contributed by atoms with Gasteiger partial charge >= 0.3 is 0 Å². The first-order valence-electron chi connectivity index (χ1n) is 8.50. The number of aromatic nitrogens is 1. The molecule has 124 valence electrons. The van der Waals surface area contributed by atoms with Crippen LogP contribution in [0.5, 0.6) is 0 Å². The van der Waals surface area contributed by atoms with Gasteiger partial charge < -0.3 is 9.80 Å². The molecule has 0 bridgehead atoms. The molecule has 3 fully saturated rings. The molecule has 0 radical (unpaired) electrons. The van der Waals surface area contributed by atoms with E-state index in [1.807, 2.05) is 22.1 Å². The second-order valence-electron chi connectivity index (χ2n) is 7.50. The van der Waals surface area contributed by atoms with E-state index < -0.39 is 0 Å². The van der Waals surface area contributed by atoms with Crippen LogP contribution in [-0.4, -0.2) is 46.2 Å². The summed E-state index contributed by atoms with van der Waals surface area (Å²) in [7, 11) is 0. The summed E-state index contributed by atoms with van der Waals surface area (Å²) in [5.74, 6) is 1.14. The van der Waals surface area contributed by atoms with Crippen molar-refractivity contribution in [3.8, 4) is 0 Å². The number of nitrogens with zero attached hydrogens (tertiary/aromatic N) is 3. The Bertz CT molecular complexity index is 640. The summed E-state index contributed by atoms with van der Waals surface area (Å²) in [6.45, 7) is 4.96. The lowest BCUT2D eigenvalue weighted by atomic mass is 9.86. The van der Waals surface area contributed by atoms with Gasteiger partial charge in [-0.3, -0.25) is 9.59 Å². The summed E-state index contributed by atoms with van der Waals surface area (Å²) >= 11 is 1.63. The first kappa shape index (κ1) is 15.1. The number of carbonyl (C=O) groups excluding carboxylic acids is 2. The Kier molecular flexibility index (Phi) is 3.67. The molecule has 3 heterocycles. The summed E-state index contributed by atoms with van der Waals surface area (Å²) < 4.78 is 0. The number of thiazole rings is 1. The fourth-order valence-electron chi connectivity index (χ4n) is 3.92. The van der Waals surface area contributed by atoms with Crippen LogP contribution in [0.15, 0.2) is 5.38 Å². The van der Waals surface area contributed by atoms with Crippen molar-refractivity contribution < 1.29 is 9.59 Å². The highest BCUT2D eigenvalue weighted by molar-refractivity contribution is 7.09. The van der Waals surface area contributed by atoms with Crippen molar-refractivity contribution in [2.75, 3.05) is 19.6 Å². The lowest BCUT2D eigenvalue weighted by molar-refractivity contribution is -0.131. The van der Waals surface area contributed by atoms with Crippen LogP contribution in [-0.2, 0) is 16.1 Å². The lowest BCUT2D eigenvalue weighted by Crippen LogP contribution is -2.34. The average molecular weight is 333 g/mol. The van der Waals surface area contributed by atoms with Crippen LogP contribution in [0.3, 0.4) is 0 Å². The molecule has 23 heavy (non-hydrogen) atoms. The molecule has 1 aromatic heterocycles. The summed E-state index contributed by atoms with van der Waals surface area (Å²) in [4.78, 5) is 33.1. The molecule has 0 aromatic carbocycles. The van der Waals surface area contributed by atoms with Gasteiger partial charge in [0.25, 0.3) is 0 Å². The molecule has 3 aliphatic rings. The monoisotopic (exact) mass is 333 g/mol. The van der Waals surface area contributed by atoms with Crippen molar-refractivity contribution in [2.45, 2.75) is 45.6 Å². The largest absolute Gasteiger partial charge is 0.342 e. The Hall–Kier alpha value is -1.43. The average Bonchev–Trinajstić information content (AvgIpc) is 2.94. The molecule has 1 saturated carbocycles. The van der Waals surface area contributed by atoms with Crippen LogP contribution >= 0.6 is 11.3 Å². The van der Waals surface area contributed by atoms with Crippen LogP contribution in [0.1, 0.15) is 42.8 Å². The van der Waals surface area contributed by atoms with E-state index in [2.05, 4.69) is 4.98 Å². The quantitative estimate of drug-likeness (QED) is 0.849. The van der Waals surface area contributed by atoms with Gasteiger partial charge in [0.2, 0.25) is 11.8 Å². The predicted molar refractivity (Wildman–Crippen MR) is 87.9 cm³/mol. The Labute approximate surface area is 140 Å². The van der Waals surface area contributed by atoms with E-state index in [-0.39, 0.29) is 11.3 Å². The van der Waals surface area contributed by atoms with Crippen molar-refractivity contribution in [2.24, 2.45) is 11.3 Å². The fraction of sp³-hybridized carbons (Fsp3) is 0.706. The molecule has 4 rings (SSSR count). The van der Waals surface area contributed by atoms with Gasteiger partial charge in [-0.05, 0) is 32.1 Å². The number of likely N-dealkylation sites (tertiary alicyclic amines) is 2. The van der Waals surface area contributed by atoms with Crippen LogP contribution in [0.4, 0.5) is 0 Å². The fourth-order valence-corrected chi connectivity index (χ4v) is 4.53. The number of amides is 2. The number of hydrogen-bond donors (Lipinski definition) is 0. The minimum Gasteiger partial charge on any atom is -0.342 e. The van der Waals surface area contributed by atoms with Gasteiger partial charge in [-0.1, -0.05) is 0 Å². The summed E-state index contributed by atoms with van der Waals surface area (Å²) in [5, 5.41) is 3.08. The molecule has 2 amide bonds. The Balaban J connectivity index is 1.38. The molecule has 1 atom stereocenters. The molecule has 2 saturated heterocycles. The van der Waals surface area contributed by atoms with E-state index in [0.29, 0.717) is 31.2 Å². The summed E-state index contributed by atoms with van der Waals surface area (Å²) in [6.07, 6.45) is 4.69. The van der Waals surface area contributed by atoms with Gasteiger partial charge in [0.15, 0.2) is 0 Å². The third-order valence-electron chi connectivity index (χ3n) is 5.38. The second kappa shape index (κ2) is 5.58. The maximum Gasteiger partial charge on any atom is 0.223 e. The third kappa shape index (κ3) is 3.13. The van der Waals surface area contributed by atoms with E-state index >= 15 is 0 Å². The second-order valence-corrected chi connectivity index (χ2v) is 8.56. The highest BCUT2D eigenvalue weighted by Crippen LogP contribution is 2.42. The first-order chi connectivity index (χ1) is 11.0. The molecule has 1 aliphatic carbocycles. The number of aryl methyl sites for hydroxylation is 1. The molecular weight excluding hydrogens is 310 g/mol. The van der Waals surface area contributed by atoms with Crippen molar-refractivity contribution in [1.82, 2.24) is 14.8 Å². The van der Waals surface area contributed by atoms with Crippen LogP contribution < -0.4 is 0 Å². The van der Waals surface area contributed by atoms with E-state index in [4.69, 9.17) is 0 Å². The Morgan fingerprint density at radius 3 is 2.96 bits per heavy atom. The minimum atomic E-state index is -0.0125. The van der Waals surface area contributed by atoms with E-state index in [9.17, 15) is 9.59 Å². The maximum absolute atomic E-state index is 12.4. The van der Waals surface area contributed by atoms with Crippen LogP contribution in [0.25, 0.3) is 0 Å². The molecular formula is C17H23N3O2S. The van der Waals surface area contributed by atoms with Crippen molar-refractivity contribution in [3.63, 3.8) is 0 Å². The van der Waals surface area contributed by atoms with Gasteiger partial charge in [-0.15, -0.1) is 11.3 Å². The number of carbonyl (C=O) groups is 2. The van der Waals surface area contributed by atoms with Crippen molar-refractivity contribution in [1.29, 1.82) is 0 Å². The zero-order chi connectivity index (χ0) is 16.0. The topological polar surface area (TPSA) is 53.5 Å². The summed E-state index contributed by atoms with van der Waals surface area (Å²) in [5.41, 5.74) is 0.971. The minimum absolute atomic E-state index is 0.0125. The third-order valence-corrected chi connectivity index (χ3v) is 6.20. The van der Waals surface area contributed by atoms with E-state index in [1.165, 1.54) is 12.8 Å². The van der Waals surface area contributed by atoms with Gasteiger partial charge in [-0.25, -0.2) is 4.98 Å². The zero-order valence-electron chi connectivity index (χ0n) is 13.6. The molecule has 1 spiro atoms. The highest BCUT2D eigenvalue weighted by atomic mass is 32.1. The SMILES string of the molecule is Cc1nc(CN2CC3(CCN(C(=O)CC4CC4)C3)CC2=O)cs1. The molecule has 0 N–H and O–H groups in total. The van der Waals surface area contributed by atoms with Crippen molar-refractivity contribution >= 4 is 23.2 Å². The first-order valence-corrected chi connectivity index (χ1v) is 9.38. The molecule has 5 nitrogen and oxygen atoms in total. The molecule has 1 unspecified atom stereocenters. The maximum atomic E-state index is 12.4. The van der Waals surface area contributed by atoms with Crippen LogP contribution in [0, 0.1) is 18.3 Å². The normalized spacial score (nSPS) is 27.4. The Morgan fingerprint density at radius 1 is 1.43 bits per heavy atom. The van der Waals surface area contributed by atoms with Gasteiger partial charge in [0.05, 0.1) is 17.2 Å². The van der Waals surface area contributed by atoms with Gasteiger partial charge in [-0.2, -0.15) is 0 Å². The summed E-state index contributed by atoms with van der Waals surface area (Å²) in [6, 6.07) is 0. The predicted octanol–water partition coefficient (Wildman–Crippen LogP) is 2.20. The van der Waals surface area contributed by atoms with E-state index in [0.717, 1.165) is 36.8 Å². The molecule has 6 heteroatoms.